The van der Waals surface area contributed by atoms with Gasteiger partial charge in [0.1, 0.15) is 11.8 Å². The maximum Gasteiger partial charge on any atom is 0.249 e. The summed E-state index contributed by atoms with van der Waals surface area (Å²) in [7, 11) is 1.66. The number of carbonyl (C=O) groups is 1. The third kappa shape index (κ3) is 4.06. The smallest absolute Gasteiger partial charge is 0.249 e. The molecule has 26 heavy (non-hydrogen) atoms. The largest absolute Gasteiger partial charge is 0.496 e. The molecule has 1 unspecified atom stereocenters. The highest BCUT2D eigenvalue weighted by atomic mass is 16.5. The van der Waals surface area contributed by atoms with Gasteiger partial charge in [-0.2, -0.15) is 4.98 Å². The van der Waals surface area contributed by atoms with Gasteiger partial charge in [-0.25, -0.2) is 0 Å². The summed E-state index contributed by atoms with van der Waals surface area (Å²) in [6, 6.07) is 7.74. The first-order valence-electron chi connectivity index (χ1n) is 9.35. The highest BCUT2D eigenvalue weighted by molar-refractivity contribution is 5.77. The Hall–Kier alpha value is -2.37. The van der Waals surface area contributed by atoms with Crippen molar-refractivity contribution >= 4 is 5.91 Å². The van der Waals surface area contributed by atoms with Crippen molar-refractivity contribution in [3.63, 3.8) is 0 Å². The number of nitrogens with zero attached hydrogens (tertiary/aromatic N) is 3. The fourth-order valence-corrected chi connectivity index (χ4v) is 3.40. The van der Waals surface area contributed by atoms with Gasteiger partial charge in [0.15, 0.2) is 5.82 Å². The molecule has 1 aliphatic rings. The second-order valence-corrected chi connectivity index (χ2v) is 7.06. The van der Waals surface area contributed by atoms with Crippen LogP contribution in [0.3, 0.4) is 0 Å². The van der Waals surface area contributed by atoms with Crippen LogP contribution in [-0.2, 0) is 11.2 Å². The minimum absolute atomic E-state index is 0.103. The van der Waals surface area contributed by atoms with Crippen LogP contribution in [0.25, 0.3) is 0 Å². The summed E-state index contributed by atoms with van der Waals surface area (Å²) in [5.41, 5.74) is 1.05. The average molecular weight is 357 g/mol. The molecular formula is C20H27N3O3. The molecule has 6 heteroatoms. The Balaban J connectivity index is 1.69. The number of methoxy groups -OCH3 is 1. The van der Waals surface area contributed by atoms with Crippen LogP contribution in [0.1, 0.15) is 68.8 Å². The number of hydrogen-bond acceptors (Lipinski definition) is 5. The molecule has 0 saturated carbocycles. The van der Waals surface area contributed by atoms with E-state index >= 15 is 0 Å². The first-order valence-corrected chi connectivity index (χ1v) is 9.35. The number of piperidine rings is 1. The lowest BCUT2D eigenvalue weighted by molar-refractivity contribution is -0.135. The molecule has 1 aromatic heterocycles. The van der Waals surface area contributed by atoms with Gasteiger partial charge in [0.25, 0.3) is 0 Å². The van der Waals surface area contributed by atoms with Crippen molar-refractivity contribution in [1.29, 1.82) is 0 Å². The van der Waals surface area contributed by atoms with Crippen molar-refractivity contribution in [2.45, 2.75) is 57.9 Å². The zero-order chi connectivity index (χ0) is 18.5. The van der Waals surface area contributed by atoms with Crippen LogP contribution in [0.15, 0.2) is 28.8 Å². The Morgan fingerprint density at radius 3 is 2.88 bits per heavy atom. The van der Waals surface area contributed by atoms with E-state index in [4.69, 9.17) is 9.26 Å². The summed E-state index contributed by atoms with van der Waals surface area (Å²) in [5.74, 6) is 2.44. The first kappa shape index (κ1) is 18.4. The number of para-hydroxylation sites is 1. The predicted octanol–water partition coefficient (Wildman–Crippen LogP) is 3.89. The zero-order valence-electron chi connectivity index (χ0n) is 15.8. The lowest BCUT2D eigenvalue weighted by Crippen LogP contribution is -2.38. The minimum atomic E-state index is -0.103. The number of aromatic nitrogens is 2. The molecule has 0 spiro atoms. The summed E-state index contributed by atoms with van der Waals surface area (Å²) in [5, 5.41) is 4.06. The lowest BCUT2D eigenvalue weighted by Gasteiger charge is -2.33. The van der Waals surface area contributed by atoms with Crippen LogP contribution >= 0.6 is 0 Å². The van der Waals surface area contributed by atoms with E-state index < -0.39 is 0 Å². The summed E-state index contributed by atoms with van der Waals surface area (Å²) < 4.78 is 10.9. The van der Waals surface area contributed by atoms with Crippen LogP contribution in [0.4, 0.5) is 0 Å². The third-order valence-corrected chi connectivity index (χ3v) is 4.88. The lowest BCUT2D eigenvalue weighted by atomic mass is 10.0. The Morgan fingerprint density at radius 1 is 1.35 bits per heavy atom. The van der Waals surface area contributed by atoms with E-state index in [9.17, 15) is 4.79 Å². The minimum Gasteiger partial charge on any atom is -0.496 e. The molecule has 1 fully saturated rings. The number of likely N-dealkylation sites (tertiary alicyclic amines) is 1. The second kappa shape index (κ2) is 8.34. The molecule has 2 heterocycles. The number of benzene rings is 1. The highest BCUT2D eigenvalue weighted by Crippen LogP contribution is 2.31. The quantitative estimate of drug-likeness (QED) is 0.784. The van der Waals surface area contributed by atoms with Gasteiger partial charge < -0.3 is 14.2 Å². The Labute approximate surface area is 154 Å². The highest BCUT2D eigenvalue weighted by Gasteiger charge is 2.32. The summed E-state index contributed by atoms with van der Waals surface area (Å²) in [4.78, 5) is 19.3. The van der Waals surface area contributed by atoms with Gasteiger partial charge in [-0.15, -0.1) is 0 Å². The van der Waals surface area contributed by atoms with Crippen LogP contribution < -0.4 is 4.74 Å². The number of amides is 1. The van der Waals surface area contributed by atoms with Crippen molar-refractivity contribution in [3.05, 3.63) is 41.5 Å². The number of carbonyl (C=O) groups excluding carboxylic acids is 1. The molecule has 0 N–H and O–H groups in total. The van der Waals surface area contributed by atoms with Gasteiger partial charge in [-0.1, -0.05) is 37.2 Å². The second-order valence-electron chi connectivity index (χ2n) is 7.06. The molecule has 1 aromatic carbocycles. The van der Waals surface area contributed by atoms with E-state index in [-0.39, 0.29) is 17.9 Å². The fourth-order valence-electron chi connectivity index (χ4n) is 3.40. The Kier molecular flexibility index (Phi) is 5.91. The number of rotatable bonds is 6. The van der Waals surface area contributed by atoms with Gasteiger partial charge in [-0.3, -0.25) is 4.79 Å². The zero-order valence-corrected chi connectivity index (χ0v) is 15.8. The molecule has 1 amide bonds. The fraction of sp³-hybridized carbons (Fsp3) is 0.550. The topological polar surface area (TPSA) is 68.5 Å². The molecule has 0 bridgehead atoms. The first-order chi connectivity index (χ1) is 12.6. The monoisotopic (exact) mass is 357 g/mol. The molecule has 1 atom stereocenters. The van der Waals surface area contributed by atoms with Gasteiger partial charge in [0, 0.05) is 18.9 Å². The van der Waals surface area contributed by atoms with E-state index in [2.05, 4.69) is 10.1 Å². The molecule has 0 radical (unpaired) electrons. The van der Waals surface area contributed by atoms with E-state index in [0.717, 1.165) is 37.1 Å². The van der Waals surface area contributed by atoms with E-state index in [1.54, 1.807) is 7.11 Å². The summed E-state index contributed by atoms with van der Waals surface area (Å²) in [6.07, 6.45) is 4.07. The van der Waals surface area contributed by atoms with Crippen LogP contribution in [0.2, 0.25) is 0 Å². The number of ether oxygens (including phenoxy) is 1. The molecule has 2 aromatic rings. The molecule has 1 aliphatic heterocycles. The van der Waals surface area contributed by atoms with Gasteiger partial charge in [0.05, 0.1) is 7.11 Å². The van der Waals surface area contributed by atoms with E-state index in [1.165, 1.54) is 0 Å². The van der Waals surface area contributed by atoms with Gasteiger partial charge >= 0.3 is 0 Å². The molecule has 1 saturated heterocycles. The molecule has 6 nitrogen and oxygen atoms in total. The summed E-state index contributed by atoms with van der Waals surface area (Å²) in [6.45, 7) is 4.81. The summed E-state index contributed by atoms with van der Waals surface area (Å²) >= 11 is 0. The average Bonchev–Trinajstić information content (AvgIpc) is 3.16. The maximum absolute atomic E-state index is 12.9. The van der Waals surface area contributed by atoms with Crippen LogP contribution in [0, 0.1) is 0 Å². The predicted molar refractivity (Wildman–Crippen MR) is 98.0 cm³/mol. The SMILES string of the molecule is COc1ccccc1CCC(=O)N1CCCCC1c1nc(C(C)C)no1. The van der Waals surface area contributed by atoms with Crippen molar-refractivity contribution in [3.8, 4) is 5.75 Å². The van der Waals surface area contributed by atoms with Crippen molar-refractivity contribution < 1.29 is 14.1 Å². The standard InChI is InChI=1S/C20H27N3O3/c1-14(2)19-21-20(26-22-19)16-9-6-7-13-23(16)18(24)12-11-15-8-4-5-10-17(15)25-3/h4-5,8,10,14,16H,6-7,9,11-13H2,1-3H3. The molecule has 3 rings (SSSR count). The van der Waals surface area contributed by atoms with Crippen LogP contribution in [-0.4, -0.2) is 34.6 Å². The van der Waals surface area contributed by atoms with Gasteiger partial charge in [0.2, 0.25) is 11.8 Å². The third-order valence-electron chi connectivity index (χ3n) is 4.88. The normalized spacial score (nSPS) is 17.5. The Morgan fingerprint density at radius 2 is 2.15 bits per heavy atom. The molecule has 140 valence electrons. The van der Waals surface area contributed by atoms with Gasteiger partial charge in [-0.05, 0) is 37.3 Å². The number of hydrogen-bond donors (Lipinski definition) is 0. The number of aryl methyl sites for hydroxylation is 1. The van der Waals surface area contributed by atoms with E-state index in [0.29, 0.717) is 24.6 Å². The Bertz CT molecular complexity index is 741. The van der Waals surface area contributed by atoms with Crippen molar-refractivity contribution in [2.75, 3.05) is 13.7 Å². The van der Waals surface area contributed by atoms with Crippen molar-refractivity contribution in [1.82, 2.24) is 15.0 Å². The molecular weight excluding hydrogens is 330 g/mol. The van der Waals surface area contributed by atoms with Crippen molar-refractivity contribution in [2.24, 2.45) is 0 Å². The molecule has 0 aliphatic carbocycles. The maximum atomic E-state index is 12.9. The van der Waals surface area contributed by atoms with E-state index in [1.807, 2.05) is 43.0 Å². The van der Waals surface area contributed by atoms with Crippen LogP contribution in [0.5, 0.6) is 5.75 Å².